The van der Waals surface area contributed by atoms with Crippen molar-refractivity contribution in [3.63, 3.8) is 0 Å². The molecule has 0 spiro atoms. The van der Waals surface area contributed by atoms with E-state index in [1.165, 1.54) is 6.92 Å². The average molecular weight is 375 g/mol. The Balaban J connectivity index is 1.86. The van der Waals surface area contributed by atoms with E-state index in [1.54, 1.807) is 42.5 Å². The average Bonchev–Trinajstić information content (AvgIpc) is 2.61. The van der Waals surface area contributed by atoms with Crippen molar-refractivity contribution in [1.29, 1.82) is 0 Å². The number of carbonyl (C=O) groups is 3. The van der Waals surface area contributed by atoms with E-state index in [2.05, 4.69) is 10.6 Å². The molecule has 0 saturated carbocycles. The second-order valence-corrected chi connectivity index (χ2v) is 6.13. The van der Waals surface area contributed by atoms with E-state index in [1.807, 2.05) is 6.92 Å². The molecular weight excluding hydrogens is 356 g/mol. The van der Waals surface area contributed by atoms with Gasteiger partial charge < -0.3 is 15.4 Å². The highest BCUT2D eigenvalue weighted by Gasteiger charge is 2.11. The van der Waals surface area contributed by atoms with Gasteiger partial charge in [-0.25, -0.2) is 4.79 Å². The molecule has 2 amide bonds. The predicted octanol–water partition coefficient (Wildman–Crippen LogP) is 3.08. The van der Waals surface area contributed by atoms with Crippen molar-refractivity contribution in [3.05, 3.63) is 64.2 Å². The van der Waals surface area contributed by atoms with E-state index < -0.39 is 18.5 Å². The minimum Gasteiger partial charge on any atom is -0.452 e. The monoisotopic (exact) mass is 374 g/mol. The van der Waals surface area contributed by atoms with Crippen LogP contribution in [0.25, 0.3) is 0 Å². The molecule has 0 saturated heterocycles. The highest BCUT2D eigenvalue weighted by Crippen LogP contribution is 2.20. The molecule has 0 radical (unpaired) electrons. The second-order valence-electron chi connectivity index (χ2n) is 5.69. The van der Waals surface area contributed by atoms with E-state index >= 15 is 0 Å². The summed E-state index contributed by atoms with van der Waals surface area (Å²) in [7, 11) is 0. The Morgan fingerprint density at radius 1 is 1.08 bits per heavy atom. The quantitative estimate of drug-likeness (QED) is 0.761. The van der Waals surface area contributed by atoms with Gasteiger partial charge in [0.05, 0.1) is 5.56 Å². The van der Waals surface area contributed by atoms with Crippen LogP contribution in [0.5, 0.6) is 0 Å². The molecule has 0 fully saturated rings. The number of ether oxygens (including phenoxy) is 1. The van der Waals surface area contributed by atoms with Gasteiger partial charge >= 0.3 is 5.97 Å². The van der Waals surface area contributed by atoms with Crippen molar-refractivity contribution >= 4 is 35.1 Å². The van der Waals surface area contributed by atoms with Crippen molar-refractivity contribution < 1.29 is 19.1 Å². The fourth-order valence-corrected chi connectivity index (χ4v) is 2.29. The molecule has 0 heterocycles. The van der Waals surface area contributed by atoms with Gasteiger partial charge in [0.1, 0.15) is 0 Å². The van der Waals surface area contributed by atoms with Gasteiger partial charge in [0.25, 0.3) is 5.91 Å². The van der Waals surface area contributed by atoms with Crippen molar-refractivity contribution in [2.75, 3.05) is 11.9 Å². The number of anilines is 1. The van der Waals surface area contributed by atoms with Crippen LogP contribution in [0.2, 0.25) is 5.02 Å². The van der Waals surface area contributed by atoms with Crippen LogP contribution in [0.1, 0.15) is 28.4 Å². The van der Waals surface area contributed by atoms with Crippen LogP contribution in [0.15, 0.2) is 42.5 Å². The Kier molecular flexibility index (Phi) is 6.74. The van der Waals surface area contributed by atoms with Gasteiger partial charge in [0.2, 0.25) is 5.91 Å². The Morgan fingerprint density at radius 3 is 2.42 bits per heavy atom. The summed E-state index contributed by atoms with van der Waals surface area (Å²) in [5, 5.41) is 5.82. The Bertz CT molecular complexity index is 819. The summed E-state index contributed by atoms with van der Waals surface area (Å²) in [6.45, 7) is 3.24. The van der Waals surface area contributed by atoms with Crippen molar-refractivity contribution in [2.45, 2.75) is 20.4 Å². The number of amides is 2. The molecule has 0 aliphatic rings. The normalized spacial score (nSPS) is 10.1. The largest absolute Gasteiger partial charge is 0.452 e. The van der Waals surface area contributed by atoms with Gasteiger partial charge in [-0.3, -0.25) is 9.59 Å². The summed E-state index contributed by atoms with van der Waals surface area (Å²) in [5.41, 5.74) is 2.60. The Morgan fingerprint density at radius 2 is 1.77 bits per heavy atom. The second kappa shape index (κ2) is 9.01. The van der Waals surface area contributed by atoms with Crippen LogP contribution in [0, 0.1) is 6.92 Å². The fraction of sp³-hybridized carbons (Fsp3) is 0.211. The van der Waals surface area contributed by atoms with Crippen molar-refractivity contribution in [2.24, 2.45) is 0 Å². The SMILES string of the molecule is CC(=O)NCc1ccc(C(=O)OCC(=O)Nc2cc(Cl)ccc2C)cc1. The standard InChI is InChI=1S/C19H19ClN2O4/c1-12-3-8-16(20)9-17(12)22-18(24)11-26-19(25)15-6-4-14(5-7-15)10-21-13(2)23/h3-9H,10-11H2,1-2H3,(H,21,23)(H,22,24). The lowest BCUT2D eigenvalue weighted by Crippen LogP contribution is -2.21. The molecule has 2 N–H and O–H groups in total. The summed E-state index contributed by atoms with van der Waals surface area (Å²) < 4.78 is 5.02. The molecular formula is C19H19ClN2O4. The van der Waals surface area contributed by atoms with Crippen LogP contribution in [-0.4, -0.2) is 24.4 Å². The molecule has 6 nitrogen and oxygen atoms in total. The zero-order valence-electron chi connectivity index (χ0n) is 14.5. The van der Waals surface area contributed by atoms with Gasteiger partial charge in [0, 0.05) is 24.2 Å². The highest BCUT2D eigenvalue weighted by atomic mass is 35.5. The molecule has 0 aromatic heterocycles. The minimum atomic E-state index is -0.603. The lowest BCUT2D eigenvalue weighted by atomic mass is 10.1. The molecule has 26 heavy (non-hydrogen) atoms. The first-order valence-corrected chi connectivity index (χ1v) is 8.29. The minimum absolute atomic E-state index is 0.130. The van der Waals surface area contributed by atoms with Crippen LogP contribution in [0.3, 0.4) is 0 Å². The molecule has 0 atom stereocenters. The van der Waals surface area contributed by atoms with E-state index in [9.17, 15) is 14.4 Å². The first kappa shape index (κ1) is 19.5. The van der Waals surface area contributed by atoms with Crippen LogP contribution in [0.4, 0.5) is 5.69 Å². The van der Waals surface area contributed by atoms with Crippen LogP contribution < -0.4 is 10.6 Å². The summed E-state index contributed by atoms with van der Waals surface area (Å²) in [6.07, 6.45) is 0. The molecule has 0 unspecified atom stereocenters. The number of nitrogens with one attached hydrogen (secondary N) is 2. The number of aryl methyl sites for hydroxylation is 1. The lowest BCUT2D eigenvalue weighted by molar-refractivity contribution is -0.119. The third kappa shape index (κ3) is 5.89. The summed E-state index contributed by atoms with van der Waals surface area (Å²) in [6, 6.07) is 11.7. The number of rotatable bonds is 6. The summed E-state index contributed by atoms with van der Waals surface area (Å²) in [4.78, 5) is 34.8. The maximum Gasteiger partial charge on any atom is 0.338 e. The van der Waals surface area contributed by atoms with Gasteiger partial charge in [0.15, 0.2) is 6.61 Å². The first-order valence-electron chi connectivity index (χ1n) is 7.91. The zero-order valence-corrected chi connectivity index (χ0v) is 15.2. The molecule has 0 aliphatic heterocycles. The van der Waals surface area contributed by atoms with E-state index in [4.69, 9.17) is 16.3 Å². The van der Waals surface area contributed by atoms with Gasteiger partial charge in [-0.2, -0.15) is 0 Å². The van der Waals surface area contributed by atoms with Crippen LogP contribution in [-0.2, 0) is 20.9 Å². The molecule has 0 bridgehead atoms. The van der Waals surface area contributed by atoms with E-state index in [0.717, 1.165) is 11.1 Å². The predicted molar refractivity (Wildman–Crippen MR) is 99.1 cm³/mol. The Labute approximate surface area is 156 Å². The van der Waals surface area contributed by atoms with Gasteiger partial charge in [-0.15, -0.1) is 0 Å². The van der Waals surface area contributed by atoms with Crippen molar-refractivity contribution in [1.82, 2.24) is 5.32 Å². The molecule has 2 rings (SSSR count). The molecule has 7 heteroatoms. The number of benzene rings is 2. The van der Waals surface area contributed by atoms with E-state index in [-0.39, 0.29) is 5.91 Å². The third-order valence-electron chi connectivity index (χ3n) is 3.54. The van der Waals surface area contributed by atoms with E-state index in [0.29, 0.717) is 22.8 Å². The number of halogens is 1. The number of carbonyl (C=O) groups excluding carboxylic acids is 3. The third-order valence-corrected chi connectivity index (χ3v) is 3.77. The fourth-order valence-electron chi connectivity index (χ4n) is 2.11. The Hall–Kier alpha value is -2.86. The zero-order chi connectivity index (χ0) is 19.1. The first-order chi connectivity index (χ1) is 12.3. The topological polar surface area (TPSA) is 84.5 Å². The molecule has 2 aromatic carbocycles. The lowest BCUT2D eigenvalue weighted by Gasteiger charge is -2.09. The van der Waals surface area contributed by atoms with Gasteiger partial charge in [-0.1, -0.05) is 29.8 Å². The highest BCUT2D eigenvalue weighted by molar-refractivity contribution is 6.31. The summed E-state index contributed by atoms with van der Waals surface area (Å²) in [5.74, 6) is -1.19. The van der Waals surface area contributed by atoms with Crippen LogP contribution >= 0.6 is 11.6 Å². The number of esters is 1. The van der Waals surface area contributed by atoms with Gasteiger partial charge in [-0.05, 0) is 42.3 Å². The van der Waals surface area contributed by atoms with Crippen molar-refractivity contribution in [3.8, 4) is 0 Å². The molecule has 2 aromatic rings. The molecule has 136 valence electrons. The smallest absolute Gasteiger partial charge is 0.338 e. The number of hydrogen-bond acceptors (Lipinski definition) is 4. The number of hydrogen-bond donors (Lipinski definition) is 2. The molecule has 0 aliphatic carbocycles. The summed E-state index contributed by atoms with van der Waals surface area (Å²) >= 11 is 5.90. The maximum atomic E-state index is 12.0. The maximum absolute atomic E-state index is 12.0.